The van der Waals surface area contributed by atoms with Crippen LogP contribution in [0.4, 0.5) is 5.95 Å². The number of benzene rings is 3. The number of Topliss-reactive ketones (excluding diaryl/α,β-unsaturated/α-hetero) is 1. The molecule has 1 aromatic heterocycles. The predicted octanol–water partition coefficient (Wildman–Crippen LogP) is 4.65. The summed E-state index contributed by atoms with van der Waals surface area (Å²) in [5.41, 5.74) is 1.13. The molecule has 0 spiro atoms. The molecule has 1 unspecified atom stereocenters. The van der Waals surface area contributed by atoms with Gasteiger partial charge in [0.25, 0.3) is 5.78 Å². The smallest absolute Gasteiger partial charge is 0.335 e. The van der Waals surface area contributed by atoms with E-state index in [0.29, 0.717) is 34.0 Å². The van der Waals surface area contributed by atoms with Crippen molar-refractivity contribution >= 4 is 52.0 Å². The number of anilines is 1. The highest BCUT2D eigenvalue weighted by atomic mass is 35.5. The van der Waals surface area contributed by atoms with Crippen LogP contribution in [0, 0.1) is 0 Å². The summed E-state index contributed by atoms with van der Waals surface area (Å²) in [5.74, 6) is -3.27. The van der Waals surface area contributed by atoms with Gasteiger partial charge in [-0.25, -0.2) is 9.78 Å². The van der Waals surface area contributed by atoms with Crippen LogP contribution in [0.1, 0.15) is 34.5 Å². The molecule has 1 saturated heterocycles. The van der Waals surface area contributed by atoms with Crippen molar-refractivity contribution in [2.75, 3.05) is 11.5 Å². The van der Waals surface area contributed by atoms with Crippen LogP contribution >= 0.6 is 11.6 Å². The second kappa shape index (κ2) is 9.56. The van der Waals surface area contributed by atoms with Crippen molar-refractivity contribution in [2.24, 2.45) is 0 Å². The lowest BCUT2D eigenvalue weighted by Gasteiger charge is -2.23. The number of rotatable bonds is 6. The molecule has 2 heterocycles. The molecular weight excluding hydrogens is 514 g/mol. The number of halogens is 1. The van der Waals surface area contributed by atoms with Crippen LogP contribution in [0.15, 0.2) is 66.2 Å². The largest absolute Gasteiger partial charge is 0.508 e. The zero-order valence-electron chi connectivity index (χ0n) is 19.8. The molecule has 1 fully saturated rings. The molecule has 11 heteroatoms. The quantitative estimate of drug-likeness (QED) is 0.159. The van der Waals surface area contributed by atoms with Crippen molar-refractivity contribution in [1.82, 2.24) is 9.97 Å². The average Bonchev–Trinajstić information content (AvgIpc) is 3.43. The van der Waals surface area contributed by atoms with Gasteiger partial charge in [-0.1, -0.05) is 23.7 Å². The van der Waals surface area contributed by atoms with Gasteiger partial charge in [0.1, 0.15) is 17.3 Å². The zero-order chi connectivity index (χ0) is 27.1. The van der Waals surface area contributed by atoms with Crippen molar-refractivity contribution in [2.45, 2.75) is 13.0 Å². The number of phenols is 1. The van der Waals surface area contributed by atoms with Gasteiger partial charge in [0.2, 0.25) is 5.95 Å². The van der Waals surface area contributed by atoms with Crippen LogP contribution < -0.4 is 9.64 Å². The third-order valence-corrected chi connectivity index (χ3v) is 6.41. The number of carbonyl (C=O) groups excluding carboxylic acids is 2. The Labute approximate surface area is 220 Å². The normalized spacial score (nSPS) is 16.8. The fourth-order valence-corrected chi connectivity index (χ4v) is 4.51. The first-order valence-electron chi connectivity index (χ1n) is 11.4. The van der Waals surface area contributed by atoms with Gasteiger partial charge in [-0.05, 0) is 61.0 Å². The maximum Gasteiger partial charge on any atom is 0.335 e. The van der Waals surface area contributed by atoms with Crippen molar-refractivity contribution < 1.29 is 34.4 Å². The number of imidazole rings is 1. The Morgan fingerprint density at radius 3 is 2.45 bits per heavy atom. The molecule has 0 saturated carbocycles. The first-order chi connectivity index (χ1) is 18.2. The van der Waals surface area contributed by atoms with E-state index in [1.807, 2.05) is 0 Å². The fraction of sp³-hybridized carbons (Fsp3) is 0.111. The van der Waals surface area contributed by atoms with E-state index in [0.717, 1.165) is 4.90 Å². The maximum atomic E-state index is 13.4. The van der Waals surface area contributed by atoms with Crippen LogP contribution in [-0.4, -0.2) is 49.6 Å². The van der Waals surface area contributed by atoms with E-state index in [-0.39, 0.29) is 28.4 Å². The van der Waals surface area contributed by atoms with Crippen LogP contribution in [0.3, 0.4) is 0 Å². The summed E-state index contributed by atoms with van der Waals surface area (Å²) in [6, 6.07) is 13.4. The first-order valence-corrected chi connectivity index (χ1v) is 11.8. The molecule has 0 bridgehead atoms. The van der Waals surface area contributed by atoms with E-state index in [1.54, 1.807) is 6.92 Å². The van der Waals surface area contributed by atoms with Gasteiger partial charge in [-0.15, -0.1) is 0 Å². The summed E-state index contributed by atoms with van der Waals surface area (Å²) in [5, 5.41) is 30.7. The number of nitrogens with one attached hydrogen (secondary N) is 1. The lowest BCUT2D eigenvalue weighted by atomic mass is 9.95. The van der Waals surface area contributed by atoms with E-state index in [4.69, 9.17) is 16.3 Å². The highest BCUT2D eigenvalue weighted by Crippen LogP contribution is 2.42. The van der Waals surface area contributed by atoms with E-state index in [1.165, 1.54) is 60.7 Å². The molecule has 1 atom stereocenters. The number of hydrogen-bond donors (Lipinski definition) is 4. The number of aliphatic hydroxyl groups is 1. The van der Waals surface area contributed by atoms with Crippen LogP contribution in [0.5, 0.6) is 11.5 Å². The third-order valence-electron chi connectivity index (χ3n) is 6.10. The van der Waals surface area contributed by atoms with Crippen molar-refractivity contribution in [3.05, 3.63) is 87.9 Å². The number of ketones is 1. The Morgan fingerprint density at radius 1 is 1.05 bits per heavy atom. The standard InChI is InChI=1S/C27H20ClN3O7/c1-2-38-20-12-14(5-9-17(20)28)23(33)21-22(13-3-7-16(32)8-4-13)31(25(35)24(21)34)27-29-18-10-6-15(26(36)37)11-19(18)30-27/h3-12,22,32-33H,2H2,1H3,(H,29,30)(H,36,37)/b23-21+. The first kappa shape index (κ1) is 24.8. The Hall–Kier alpha value is -4.83. The zero-order valence-corrected chi connectivity index (χ0v) is 20.6. The van der Waals surface area contributed by atoms with Gasteiger partial charge in [-0.3, -0.25) is 14.5 Å². The van der Waals surface area contributed by atoms with Gasteiger partial charge in [0.05, 0.1) is 39.8 Å². The minimum absolute atomic E-state index is 0.0117. The highest BCUT2D eigenvalue weighted by molar-refractivity contribution is 6.51. The second-order valence-corrected chi connectivity index (χ2v) is 8.84. The summed E-state index contributed by atoms with van der Waals surface area (Å²) >= 11 is 6.18. The van der Waals surface area contributed by atoms with Crippen molar-refractivity contribution in [3.63, 3.8) is 0 Å². The molecule has 192 valence electrons. The van der Waals surface area contributed by atoms with Gasteiger partial charge >= 0.3 is 11.9 Å². The number of fused-ring (bicyclic) bond motifs is 1. The summed E-state index contributed by atoms with van der Waals surface area (Å²) in [7, 11) is 0. The SMILES string of the molecule is CCOc1cc(/C(O)=C2\C(=O)C(=O)N(c3nc4ccc(C(=O)O)cc4[nH]3)C2c2ccc(O)cc2)ccc1Cl. The minimum Gasteiger partial charge on any atom is -0.508 e. The number of carboxylic acid groups (broad SMARTS) is 1. The molecule has 38 heavy (non-hydrogen) atoms. The molecule has 5 rings (SSSR count). The number of nitrogens with zero attached hydrogens (tertiary/aromatic N) is 2. The second-order valence-electron chi connectivity index (χ2n) is 8.44. The average molecular weight is 534 g/mol. The van der Waals surface area contributed by atoms with Gasteiger partial charge in [0, 0.05) is 5.56 Å². The van der Waals surface area contributed by atoms with Gasteiger partial charge in [-0.2, -0.15) is 0 Å². The highest BCUT2D eigenvalue weighted by Gasteiger charge is 2.48. The lowest BCUT2D eigenvalue weighted by Crippen LogP contribution is -2.30. The Balaban J connectivity index is 1.70. The van der Waals surface area contributed by atoms with Crippen molar-refractivity contribution in [1.29, 1.82) is 0 Å². The number of ether oxygens (including phenoxy) is 1. The Morgan fingerprint density at radius 2 is 1.76 bits per heavy atom. The van der Waals surface area contributed by atoms with E-state index in [9.17, 15) is 29.7 Å². The number of hydrogen-bond acceptors (Lipinski definition) is 7. The molecule has 3 aromatic carbocycles. The Bertz CT molecular complexity index is 1640. The lowest BCUT2D eigenvalue weighted by molar-refractivity contribution is -0.132. The number of H-pyrrole nitrogens is 1. The van der Waals surface area contributed by atoms with Crippen LogP contribution in [0.25, 0.3) is 16.8 Å². The van der Waals surface area contributed by atoms with Crippen molar-refractivity contribution in [3.8, 4) is 11.5 Å². The Kier molecular flexibility index (Phi) is 6.25. The minimum atomic E-state index is -1.14. The number of aromatic hydroxyl groups is 1. The molecule has 1 aliphatic rings. The topological polar surface area (TPSA) is 153 Å². The third kappa shape index (κ3) is 4.20. The number of carboxylic acids is 1. The molecule has 4 N–H and O–H groups in total. The number of aliphatic hydroxyl groups excluding tert-OH is 1. The number of phenolic OH excluding ortho intramolecular Hbond substituents is 1. The van der Waals surface area contributed by atoms with E-state index >= 15 is 0 Å². The van der Waals surface area contributed by atoms with E-state index in [2.05, 4.69) is 9.97 Å². The van der Waals surface area contributed by atoms with Crippen LogP contribution in [0.2, 0.25) is 5.02 Å². The monoisotopic (exact) mass is 533 g/mol. The number of aromatic amines is 1. The molecule has 10 nitrogen and oxygen atoms in total. The summed E-state index contributed by atoms with van der Waals surface area (Å²) in [6.07, 6.45) is 0. The number of amides is 1. The predicted molar refractivity (Wildman–Crippen MR) is 139 cm³/mol. The fourth-order valence-electron chi connectivity index (χ4n) is 4.34. The summed E-state index contributed by atoms with van der Waals surface area (Å²) in [4.78, 5) is 46.5. The number of carbonyl (C=O) groups is 3. The molecule has 0 aliphatic carbocycles. The number of aromatic nitrogens is 2. The van der Waals surface area contributed by atoms with E-state index < -0.39 is 29.5 Å². The molecule has 1 amide bonds. The molecule has 4 aromatic rings. The maximum absolute atomic E-state index is 13.4. The molecular formula is C27H20ClN3O7. The molecule has 0 radical (unpaired) electrons. The number of aromatic carboxylic acids is 1. The van der Waals surface area contributed by atoms with Crippen LogP contribution in [-0.2, 0) is 9.59 Å². The summed E-state index contributed by atoms with van der Waals surface area (Å²) in [6.45, 7) is 2.09. The summed E-state index contributed by atoms with van der Waals surface area (Å²) < 4.78 is 5.50. The molecule has 1 aliphatic heterocycles. The van der Waals surface area contributed by atoms with Gasteiger partial charge < -0.3 is 25.0 Å². The van der Waals surface area contributed by atoms with Gasteiger partial charge in [0.15, 0.2) is 0 Å².